The van der Waals surface area contributed by atoms with Gasteiger partial charge in [-0.05, 0) is 30.4 Å². The van der Waals surface area contributed by atoms with Crippen molar-refractivity contribution in [2.75, 3.05) is 19.8 Å². The van der Waals surface area contributed by atoms with Crippen molar-refractivity contribution >= 4 is 11.3 Å². The molecule has 0 unspecified atom stereocenters. The Balaban J connectivity index is 1.66. The molecule has 20 heavy (non-hydrogen) atoms. The van der Waals surface area contributed by atoms with E-state index in [-0.39, 0.29) is 0 Å². The Bertz CT molecular complexity index is 580. The SMILES string of the molecule is N#CC1=CC(N)=C(N2CCN(Cc3cccs3)C2)CC1. The highest BCUT2D eigenvalue weighted by atomic mass is 32.1. The van der Waals surface area contributed by atoms with Crippen LogP contribution in [-0.4, -0.2) is 29.6 Å². The van der Waals surface area contributed by atoms with Crippen LogP contribution in [0.4, 0.5) is 0 Å². The van der Waals surface area contributed by atoms with Crippen LogP contribution in [0, 0.1) is 11.3 Å². The molecule has 2 aliphatic rings. The Morgan fingerprint density at radius 1 is 1.35 bits per heavy atom. The maximum atomic E-state index is 8.93. The number of allylic oxidation sites excluding steroid dienone is 3. The number of hydrogen-bond acceptors (Lipinski definition) is 5. The zero-order valence-electron chi connectivity index (χ0n) is 11.4. The molecule has 2 N–H and O–H groups in total. The maximum Gasteiger partial charge on any atom is 0.0947 e. The lowest BCUT2D eigenvalue weighted by Gasteiger charge is -2.26. The highest BCUT2D eigenvalue weighted by Crippen LogP contribution is 2.26. The van der Waals surface area contributed by atoms with Crippen LogP contribution in [0.25, 0.3) is 0 Å². The summed E-state index contributed by atoms with van der Waals surface area (Å²) >= 11 is 1.81. The van der Waals surface area contributed by atoms with Gasteiger partial charge in [0.15, 0.2) is 0 Å². The first-order valence-electron chi connectivity index (χ1n) is 6.85. The van der Waals surface area contributed by atoms with E-state index < -0.39 is 0 Å². The fraction of sp³-hybridized carbons (Fsp3) is 0.400. The second-order valence-electron chi connectivity index (χ2n) is 5.22. The molecule has 1 aliphatic heterocycles. The minimum absolute atomic E-state index is 0.769. The van der Waals surface area contributed by atoms with Crippen LogP contribution in [0.3, 0.4) is 0 Å². The fourth-order valence-electron chi connectivity index (χ4n) is 2.79. The van der Waals surface area contributed by atoms with Crippen LogP contribution in [0.15, 0.2) is 40.6 Å². The van der Waals surface area contributed by atoms with Gasteiger partial charge >= 0.3 is 0 Å². The van der Waals surface area contributed by atoms with Gasteiger partial charge in [-0.3, -0.25) is 4.90 Å². The van der Waals surface area contributed by atoms with Crippen LogP contribution in [0.5, 0.6) is 0 Å². The Kier molecular flexibility index (Phi) is 3.77. The molecule has 1 aromatic rings. The molecule has 104 valence electrons. The molecule has 3 rings (SSSR count). The van der Waals surface area contributed by atoms with Crippen molar-refractivity contribution < 1.29 is 0 Å². The van der Waals surface area contributed by atoms with Gasteiger partial charge in [0.2, 0.25) is 0 Å². The summed E-state index contributed by atoms with van der Waals surface area (Å²) < 4.78 is 0. The largest absolute Gasteiger partial charge is 0.397 e. The van der Waals surface area contributed by atoms with Crippen molar-refractivity contribution in [1.82, 2.24) is 9.80 Å². The van der Waals surface area contributed by atoms with Crippen LogP contribution >= 0.6 is 11.3 Å². The molecule has 1 saturated heterocycles. The molecule has 2 heterocycles. The molecule has 0 radical (unpaired) electrons. The third-order valence-electron chi connectivity index (χ3n) is 3.84. The zero-order chi connectivity index (χ0) is 13.9. The lowest BCUT2D eigenvalue weighted by Crippen LogP contribution is -2.27. The van der Waals surface area contributed by atoms with Crippen molar-refractivity contribution in [1.29, 1.82) is 5.26 Å². The molecule has 5 heteroatoms. The third kappa shape index (κ3) is 2.72. The van der Waals surface area contributed by atoms with Gasteiger partial charge in [0, 0.05) is 35.8 Å². The quantitative estimate of drug-likeness (QED) is 0.926. The topological polar surface area (TPSA) is 56.3 Å². The third-order valence-corrected chi connectivity index (χ3v) is 4.70. The lowest BCUT2D eigenvalue weighted by atomic mass is 10.0. The maximum absolute atomic E-state index is 8.93. The molecule has 4 nitrogen and oxygen atoms in total. The lowest BCUT2D eigenvalue weighted by molar-refractivity contribution is 0.268. The van der Waals surface area contributed by atoms with E-state index in [1.165, 1.54) is 10.6 Å². The van der Waals surface area contributed by atoms with Gasteiger partial charge in [-0.1, -0.05) is 6.07 Å². The standard InChI is InChI=1S/C15H18N4S/c16-9-12-3-4-15(14(17)8-12)19-6-5-18(11-19)10-13-2-1-7-20-13/h1-2,7-8H,3-6,10-11,17H2. The van der Waals surface area contributed by atoms with Gasteiger partial charge in [-0.15, -0.1) is 11.3 Å². The minimum atomic E-state index is 0.769. The number of nitriles is 1. The molecule has 1 aromatic heterocycles. The Morgan fingerprint density at radius 3 is 2.95 bits per heavy atom. The fourth-order valence-corrected chi connectivity index (χ4v) is 3.53. The molecule has 0 spiro atoms. The van der Waals surface area contributed by atoms with E-state index >= 15 is 0 Å². The monoisotopic (exact) mass is 286 g/mol. The summed E-state index contributed by atoms with van der Waals surface area (Å²) in [5.74, 6) is 0. The molecule has 0 aromatic carbocycles. The zero-order valence-corrected chi connectivity index (χ0v) is 12.2. The second kappa shape index (κ2) is 5.70. The first-order chi connectivity index (χ1) is 9.76. The average molecular weight is 286 g/mol. The molecule has 1 fully saturated rings. The second-order valence-corrected chi connectivity index (χ2v) is 6.25. The molecule has 0 bridgehead atoms. The summed E-state index contributed by atoms with van der Waals surface area (Å²) in [7, 11) is 0. The van der Waals surface area contributed by atoms with E-state index in [0.717, 1.165) is 50.4 Å². The Hall–Kier alpha value is -1.77. The van der Waals surface area contributed by atoms with Gasteiger partial charge < -0.3 is 10.6 Å². The predicted molar refractivity (Wildman–Crippen MR) is 80.4 cm³/mol. The van der Waals surface area contributed by atoms with Crippen molar-refractivity contribution in [3.8, 4) is 6.07 Å². The molecular formula is C15H18N4S. The summed E-state index contributed by atoms with van der Waals surface area (Å²) in [5.41, 5.74) is 8.87. The summed E-state index contributed by atoms with van der Waals surface area (Å²) in [6.07, 6.45) is 3.53. The molecular weight excluding hydrogens is 268 g/mol. The van der Waals surface area contributed by atoms with Crippen LogP contribution in [0.1, 0.15) is 17.7 Å². The van der Waals surface area contributed by atoms with Gasteiger partial charge in [-0.25, -0.2) is 0 Å². The van der Waals surface area contributed by atoms with E-state index in [0.29, 0.717) is 0 Å². The van der Waals surface area contributed by atoms with E-state index in [1.54, 1.807) is 0 Å². The normalized spacial score (nSPS) is 20.1. The number of thiophene rings is 1. The Labute approximate surface area is 123 Å². The molecule has 1 aliphatic carbocycles. The average Bonchev–Trinajstić information content (AvgIpc) is 3.11. The number of rotatable bonds is 3. The van der Waals surface area contributed by atoms with E-state index in [1.807, 2.05) is 17.4 Å². The number of nitrogens with two attached hydrogens (primary N) is 1. The van der Waals surface area contributed by atoms with Crippen LogP contribution in [-0.2, 0) is 6.54 Å². The van der Waals surface area contributed by atoms with Crippen LogP contribution in [0.2, 0.25) is 0 Å². The summed E-state index contributed by atoms with van der Waals surface area (Å²) in [6.45, 7) is 4.05. The highest BCUT2D eigenvalue weighted by molar-refractivity contribution is 7.09. The Morgan fingerprint density at radius 2 is 2.25 bits per heavy atom. The van der Waals surface area contributed by atoms with Crippen molar-refractivity contribution in [2.45, 2.75) is 19.4 Å². The van der Waals surface area contributed by atoms with E-state index in [9.17, 15) is 0 Å². The number of hydrogen-bond donors (Lipinski definition) is 1. The summed E-state index contributed by atoms with van der Waals surface area (Å²) in [4.78, 5) is 6.20. The van der Waals surface area contributed by atoms with E-state index in [4.69, 9.17) is 11.0 Å². The predicted octanol–water partition coefficient (Wildman–Crippen LogP) is 2.24. The minimum Gasteiger partial charge on any atom is -0.397 e. The van der Waals surface area contributed by atoms with Crippen molar-refractivity contribution in [2.24, 2.45) is 5.73 Å². The van der Waals surface area contributed by atoms with Gasteiger partial charge in [0.25, 0.3) is 0 Å². The highest BCUT2D eigenvalue weighted by Gasteiger charge is 2.24. The van der Waals surface area contributed by atoms with Gasteiger partial charge in [-0.2, -0.15) is 5.26 Å². The summed E-state index contributed by atoms with van der Waals surface area (Å²) in [5, 5.41) is 11.1. The molecule has 0 amide bonds. The molecule has 0 atom stereocenters. The van der Waals surface area contributed by atoms with Crippen molar-refractivity contribution in [3.05, 3.63) is 45.4 Å². The number of nitrogens with zero attached hydrogens (tertiary/aromatic N) is 3. The first-order valence-corrected chi connectivity index (χ1v) is 7.73. The smallest absolute Gasteiger partial charge is 0.0947 e. The summed E-state index contributed by atoms with van der Waals surface area (Å²) in [6, 6.07) is 6.49. The van der Waals surface area contributed by atoms with Gasteiger partial charge in [0.05, 0.1) is 18.4 Å². The molecule has 0 saturated carbocycles. The van der Waals surface area contributed by atoms with Crippen LogP contribution < -0.4 is 5.73 Å². The van der Waals surface area contributed by atoms with Crippen molar-refractivity contribution in [3.63, 3.8) is 0 Å². The van der Waals surface area contributed by atoms with Gasteiger partial charge in [0.1, 0.15) is 0 Å². The first kappa shape index (κ1) is 13.2. The van der Waals surface area contributed by atoms with E-state index in [2.05, 4.69) is 33.4 Å².